The predicted octanol–water partition coefficient (Wildman–Crippen LogP) is 2.66. The minimum Gasteiger partial charge on any atom is -0.464 e. The van der Waals surface area contributed by atoms with Gasteiger partial charge in [0.15, 0.2) is 0 Å². The van der Waals surface area contributed by atoms with E-state index in [0.717, 1.165) is 32.2 Å². The van der Waals surface area contributed by atoms with Gasteiger partial charge in [0.1, 0.15) is 0 Å². The second-order valence-electron chi connectivity index (χ2n) is 4.14. The number of nitrogens with zero attached hydrogens (tertiary/aromatic N) is 3. The Morgan fingerprint density at radius 3 is 2.26 bits per heavy atom. The van der Waals surface area contributed by atoms with Gasteiger partial charge >= 0.3 is 12.0 Å². The minimum absolute atomic E-state index is 0.307. The zero-order valence-electron chi connectivity index (χ0n) is 12.1. The summed E-state index contributed by atoms with van der Waals surface area (Å²) in [5.74, 6) is 0.505. The molecule has 0 fully saturated rings. The van der Waals surface area contributed by atoms with Crippen molar-refractivity contribution in [1.29, 1.82) is 0 Å². The molecule has 0 aromatic carbocycles. The monoisotopic (exact) mass is 268 g/mol. The van der Waals surface area contributed by atoms with E-state index in [2.05, 4.69) is 34.1 Å². The summed E-state index contributed by atoms with van der Waals surface area (Å²) in [6, 6.07) is 0.634. The Kier molecular flexibility index (Phi) is 7.62. The van der Waals surface area contributed by atoms with Gasteiger partial charge in [0.25, 0.3) is 0 Å². The van der Waals surface area contributed by atoms with Gasteiger partial charge in [-0.1, -0.05) is 26.7 Å². The third-order valence-electron chi connectivity index (χ3n) is 2.38. The Hall–Kier alpha value is -1.59. The van der Waals surface area contributed by atoms with Gasteiger partial charge in [0, 0.05) is 6.54 Å². The van der Waals surface area contributed by atoms with E-state index in [1.54, 1.807) is 0 Å². The molecule has 0 atom stereocenters. The van der Waals surface area contributed by atoms with Crippen LogP contribution in [-0.2, 0) is 0 Å². The van der Waals surface area contributed by atoms with Crippen LogP contribution in [-0.4, -0.2) is 34.7 Å². The molecule has 0 amide bonds. The lowest BCUT2D eigenvalue weighted by molar-refractivity contribution is 0.264. The van der Waals surface area contributed by atoms with Crippen LogP contribution in [0.1, 0.15) is 46.5 Å². The quantitative estimate of drug-likeness (QED) is 0.658. The first-order valence-corrected chi connectivity index (χ1v) is 7.05. The van der Waals surface area contributed by atoms with Gasteiger partial charge in [-0.2, -0.15) is 9.97 Å². The Morgan fingerprint density at radius 2 is 1.63 bits per heavy atom. The fourth-order valence-corrected chi connectivity index (χ4v) is 1.43. The molecule has 0 spiro atoms. The number of ether oxygens (including phenoxy) is 2. The van der Waals surface area contributed by atoms with Crippen LogP contribution >= 0.6 is 0 Å². The molecular formula is C13H24N4O2. The van der Waals surface area contributed by atoms with Gasteiger partial charge in [0.2, 0.25) is 5.95 Å². The van der Waals surface area contributed by atoms with Crippen LogP contribution < -0.4 is 14.8 Å². The number of anilines is 1. The van der Waals surface area contributed by atoms with Crippen molar-refractivity contribution in [2.75, 3.05) is 25.1 Å². The molecule has 0 aliphatic carbocycles. The molecule has 6 heteroatoms. The maximum Gasteiger partial charge on any atom is 0.324 e. The zero-order valence-corrected chi connectivity index (χ0v) is 12.1. The molecule has 0 radical (unpaired) electrons. The molecular weight excluding hydrogens is 244 g/mol. The molecule has 0 aliphatic heterocycles. The van der Waals surface area contributed by atoms with Crippen molar-refractivity contribution in [3.05, 3.63) is 0 Å². The van der Waals surface area contributed by atoms with E-state index in [-0.39, 0.29) is 0 Å². The van der Waals surface area contributed by atoms with E-state index in [9.17, 15) is 0 Å². The number of aromatic nitrogens is 3. The second kappa shape index (κ2) is 9.35. The molecule has 0 aliphatic rings. The molecule has 108 valence electrons. The van der Waals surface area contributed by atoms with E-state index in [4.69, 9.17) is 9.47 Å². The second-order valence-corrected chi connectivity index (χ2v) is 4.14. The summed E-state index contributed by atoms with van der Waals surface area (Å²) in [5, 5.41) is 3.11. The Balaban J connectivity index is 2.63. The lowest BCUT2D eigenvalue weighted by Crippen LogP contribution is -2.10. The molecule has 1 heterocycles. The first-order chi connectivity index (χ1) is 9.30. The summed E-state index contributed by atoms with van der Waals surface area (Å²) in [4.78, 5) is 12.5. The van der Waals surface area contributed by atoms with Gasteiger partial charge in [-0.25, -0.2) is 0 Å². The van der Waals surface area contributed by atoms with Gasteiger partial charge in [-0.3, -0.25) is 0 Å². The molecule has 1 rings (SSSR count). The molecule has 1 aromatic rings. The van der Waals surface area contributed by atoms with Gasteiger partial charge in [0.05, 0.1) is 13.2 Å². The maximum absolute atomic E-state index is 5.53. The van der Waals surface area contributed by atoms with E-state index in [0.29, 0.717) is 31.2 Å². The summed E-state index contributed by atoms with van der Waals surface area (Å²) in [5.41, 5.74) is 0. The van der Waals surface area contributed by atoms with Crippen LogP contribution in [0, 0.1) is 0 Å². The van der Waals surface area contributed by atoms with Gasteiger partial charge in [-0.05, 0) is 19.8 Å². The predicted molar refractivity (Wildman–Crippen MR) is 74.8 cm³/mol. The highest BCUT2D eigenvalue weighted by molar-refractivity contribution is 5.27. The summed E-state index contributed by atoms with van der Waals surface area (Å²) in [7, 11) is 0. The largest absolute Gasteiger partial charge is 0.464 e. The summed E-state index contributed by atoms with van der Waals surface area (Å²) in [6.07, 6.45) is 4.31. The molecule has 0 bridgehead atoms. The normalized spacial score (nSPS) is 10.3. The van der Waals surface area contributed by atoms with E-state index in [1.807, 2.05) is 6.92 Å². The number of hydrogen-bond acceptors (Lipinski definition) is 6. The average Bonchev–Trinajstić information content (AvgIpc) is 2.42. The van der Waals surface area contributed by atoms with Crippen LogP contribution in [0.25, 0.3) is 0 Å². The first kappa shape index (κ1) is 15.5. The Labute approximate surface area is 115 Å². The maximum atomic E-state index is 5.53. The van der Waals surface area contributed by atoms with Crippen LogP contribution in [0.2, 0.25) is 0 Å². The Bertz CT molecular complexity index is 360. The molecule has 1 aromatic heterocycles. The van der Waals surface area contributed by atoms with Crippen molar-refractivity contribution >= 4 is 5.95 Å². The molecule has 0 unspecified atom stereocenters. The lowest BCUT2D eigenvalue weighted by atomic mass is 10.3. The van der Waals surface area contributed by atoms with Crippen molar-refractivity contribution in [3.8, 4) is 12.0 Å². The minimum atomic E-state index is 0.307. The topological polar surface area (TPSA) is 69.2 Å². The Morgan fingerprint density at radius 1 is 0.895 bits per heavy atom. The smallest absolute Gasteiger partial charge is 0.324 e. The highest BCUT2D eigenvalue weighted by Gasteiger charge is 2.07. The van der Waals surface area contributed by atoms with Crippen LogP contribution in [0.3, 0.4) is 0 Å². The standard InChI is InChI=1S/C13H24N4O2/c1-4-7-8-10-19-13-16-11(14-9-5-2)15-12(17-13)18-6-3/h4-10H2,1-3H3,(H,14,15,16,17). The van der Waals surface area contributed by atoms with Crippen molar-refractivity contribution < 1.29 is 9.47 Å². The summed E-state index contributed by atoms with van der Waals surface area (Å²) < 4.78 is 10.8. The third kappa shape index (κ3) is 6.22. The van der Waals surface area contributed by atoms with Crippen molar-refractivity contribution in [3.63, 3.8) is 0 Å². The van der Waals surface area contributed by atoms with E-state index >= 15 is 0 Å². The highest BCUT2D eigenvalue weighted by atomic mass is 16.5. The molecule has 0 saturated heterocycles. The lowest BCUT2D eigenvalue weighted by Gasteiger charge is -2.09. The first-order valence-electron chi connectivity index (χ1n) is 7.05. The van der Waals surface area contributed by atoms with Crippen LogP contribution in [0.5, 0.6) is 12.0 Å². The number of rotatable bonds is 10. The molecule has 1 N–H and O–H groups in total. The summed E-state index contributed by atoms with van der Waals surface area (Å²) in [6.45, 7) is 8.08. The molecule has 19 heavy (non-hydrogen) atoms. The molecule has 6 nitrogen and oxygen atoms in total. The third-order valence-corrected chi connectivity index (χ3v) is 2.38. The number of nitrogens with one attached hydrogen (secondary N) is 1. The van der Waals surface area contributed by atoms with Crippen LogP contribution in [0.15, 0.2) is 0 Å². The van der Waals surface area contributed by atoms with Crippen LogP contribution in [0.4, 0.5) is 5.95 Å². The average molecular weight is 268 g/mol. The summed E-state index contributed by atoms with van der Waals surface area (Å²) >= 11 is 0. The number of unbranched alkanes of at least 4 members (excludes halogenated alkanes) is 2. The van der Waals surface area contributed by atoms with E-state index in [1.165, 1.54) is 0 Å². The van der Waals surface area contributed by atoms with Gasteiger partial charge < -0.3 is 14.8 Å². The van der Waals surface area contributed by atoms with E-state index < -0.39 is 0 Å². The molecule has 0 saturated carbocycles. The van der Waals surface area contributed by atoms with Crippen molar-refractivity contribution in [2.45, 2.75) is 46.5 Å². The van der Waals surface area contributed by atoms with Crippen molar-refractivity contribution in [1.82, 2.24) is 15.0 Å². The van der Waals surface area contributed by atoms with Gasteiger partial charge in [-0.15, -0.1) is 4.98 Å². The fraction of sp³-hybridized carbons (Fsp3) is 0.769. The van der Waals surface area contributed by atoms with Crippen molar-refractivity contribution in [2.24, 2.45) is 0 Å². The fourth-order valence-electron chi connectivity index (χ4n) is 1.43. The SMILES string of the molecule is CCCCCOc1nc(NCCC)nc(OCC)n1. The zero-order chi connectivity index (χ0) is 13.9. The number of hydrogen-bond donors (Lipinski definition) is 1. The highest BCUT2D eigenvalue weighted by Crippen LogP contribution is 2.13.